The molecule has 0 aliphatic rings. The van der Waals surface area contributed by atoms with Gasteiger partial charge in [0.2, 0.25) is 0 Å². The summed E-state index contributed by atoms with van der Waals surface area (Å²) in [6.07, 6.45) is 0.930. The molecule has 0 fully saturated rings. The second kappa shape index (κ2) is 6.28. The number of alkyl halides is 1. The van der Waals surface area contributed by atoms with Crippen molar-refractivity contribution in [2.24, 2.45) is 0 Å². The minimum atomic E-state index is -0.0234. The van der Waals surface area contributed by atoms with E-state index < -0.39 is 0 Å². The Morgan fingerprint density at radius 1 is 1.53 bits per heavy atom. The summed E-state index contributed by atoms with van der Waals surface area (Å²) in [4.78, 5) is 11.7. The molecule has 0 saturated heterocycles. The molecule has 1 atom stereocenters. The van der Waals surface area contributed by atoms with E-state index in [1.54, 1.807) is 6.07 Å². The molecule has 0 radical (unpaired) electrons. The molecule has 1 N–H and O–H groups in total. The summed E-state index contributed by atoms with van der Waals surface area (Å²) in [7, 11) is 0. The van der Waals surface area contributed by atoms with Gasteiger partial charge in [0.15, 0.2) is 0 Å². The van der Waals surface area contributed by atoms with Gasteiger partial charge in [-0.1, -0.05) is 37.9 Å². The van der Waals surface area contributed by atoms with Crippen LogP contribution in [0.15, 0.2) is 28.7 Å². The molecule has 1 rings (SSSR count). The Kier molecular flexibility index (Phi) is 5.32. The van der Waals surface area contributed by atoms with Gasteiger partial charge in [-0.2, -0.15) is 0 Å². The Morgan fingerprint density at radius 2 is 2.27 bits per heavy atom. The number of carbonyl (C=O) groups excluding carboxylic acids is 1. The van der Waals surface area contributed by atoms with Gasteiger partial charge < -0.3 is 5.32 Å². The molecule has 1 aromatic rings. The van der Waals surface area contributed by atoms with Crippen molar-refractivity contribution in [1.82, 2.24) is 5.32 Å². The number of hydrogen-bond donors (Lipinski definition) is 1. The molecule has 0 aliphatic heterocycles. The highest BCUT2D eigenvalue weighted by Gasteiger charge is 2.08. The van der Waals surface area contributed by atoms with E-state index in [0.717, 1.165) is 16.2 Å². The van der Waals surface area contributed by atoms with Crippen LogP contribution in [0.3, 0.4) is 0 Å². The van der Waals surface area contributed by atoms with E-state index in [2.05, 4.69) is 37.2 Å². The maximum absolute atomic E-state index is 11.7. The SMILES string of the molecule is CC(CCBr)NC(=O)c1cccc(Br)c1. The van der Waals surface area contributed by atoms with Crippen LogP contribution in [0.4, 0.5) is 0 Å². The molecular weight excluding hydrogens is 322 g/mol. The largest absolute Gasteiger partial charge is 0.350 e. The monoisotopic (exact) mass is 333 g/mol. The van der Waals surface area contributed by atoms with Crippen molar-refractivity contribution in [2.75, 3.05) is 5.33 Å². The van der Waals surface area contributed by atoms with Crippen LogP contribution in [0.25, 0.3) is 0 Å². The standard InChI is InChI=1S/C11H13Br2NO/c1-8(5-6-12)14-11(15)9-3-2-4-10(13)7-9/h2-4,7-8H,5-6H2,1H3,(H,14,15). The van der Waals surface area contributed by atoms with Gasteiger partial charge in [-0.15, -0.1) is 0 Å². The minimum Gasteiger partial charge on any atom is -0.350 e. The van der Waals surface area contributed by atoms with E-state index in [9.17, 15) is 4.79 Å². The quantitative estimate of drug-likeness (QED) is 0.840. The molecule has 1 aromatic carbocycles. The van der Waals surface area contributed by atoms with Crippen LogP contribution in [0, 0.1) is 0 Å². The first kappa shape index (κ1) is 12.7. The Labute approximate surface area is 107 Å². The van der Waals surface area contributed by atoms with Crippen LogP contribution in [0.2, 0.25) is 0 Å². The van der Waals surface area contributed by atoms with Crippen LogP contribution >= 0.6 is 31.9 Å². The molecular formula is C11H13Br2NO. The van der Waals surface area contributed by atoms with Gasteiger partial charge in [0.25, 0.3) is 5.91 Å². The summed E-state index contributed by atoms with van der Waals surface area (Å²) in [5.41, 5.74) is 0.686. The smallest absolute Gasteiger partial charge is 0.251 e. The van der Waals surface area contributed by atoms with Crippen LogP contribution in [0.5, 0.6) is 0 Å². The third-order valence-corrected chi connectivity index (χ3v) is 2.96. The van der Waals surface area contributed by atoms with Gasteiger partial charge in [-0.05, 0) is 31.5 Å². The molecule has 2 nitrogen and oxygen atoms in total. The summed E-state index contributed by atoms with van der Waals surface area (Å²) in [5.74, 6) is -0.0234. The van der Waals surface area contributed by atoms with E-state index in [1.165, 1.54) is 0 Å². The van der Waals surface area contributed by atoms with Gasteiger partial charge in [0, 0.05) is 21.4 Å². The first-order valence-electron chi connectivity index (χ1n) is 4.76. The van der Waals surface area contributed by atoms with Crippen molar-refractivity contribution >= 4 is 37.8 Å². The van der Waals surface area contributed by atoms with E-state index in [-0.39, 0.29) is 11.9 Å². The van der Waals surface area contributed by atoms with Crippen molar-refractivity contribution in [3.8, 4) is 0 Å². The summed E-state index contributed by atoms with van der Waals surface area (Å²) in [6.45, 7) is 2.00. The fourth-order valence-electron chi connectivity index (χ4n) is 1.17. The van der Waals surface area contributed by atoms with E-state index in [4.69, 9.17) is 0 Å². The highest BCUT2D eigenvalue weighted by Crippen LogP contribution is 2.11. The average Bonchev–Trinajstić information content (AvgIpc) is 2.18. The fraction of sp³-hybridized carbons (Fsp3) is 0.364. The van der Waals surface area contributed by atoms with Crippen molar-refractivity contribution in [2.45, 2.75) is 19.4 Å². The number of benzene rings is 1. The molecule has 1 unspecified atom stereocenters. The van der Waals surface area contributed by atoms with Gasteiger partial charge in [-0.3, -0.25) is 4.79 Å². The zero-order valence-electron chi connectivity index (χ0n) is 8.47. The molecule has 4 heteroatoms. The summed E-state index contributed by atoms with van der Waals surface area (Å²) in [6, 6.07) is 7.57. The highest BCUT2D eigenvalue weighted by atomic mass is 79.9. The zero-order chi connectivity index (χ0) is 11.3. The summed E-state index contributed by atoms with van der Waals surface area (Å²) in [5, 5.41) is 3.83. The second-order valence-electron chi connectivity index (χ2n) is 3.36. The van der Waals surface area contributed by atoms with Crippen LogP contribution < -0.4 is 5.32 Å². The Morgan fingerprint density at radius 3 is 2.87 bits per heavy atom. The summed E-state index contributed by atoms with van der Waals surface area (Å²) >= 11 is 6.69. The molecule has 0 aromatic heterocycles. The number of carbonyl (C=O) groups is 1. The average molecular weight is 335 g/mol. The normalized spacial score (nSPS) is 12.2. The molecule has 1 amide bonds. The van der Waals surface area contributed by atoms with Gasteiger partial charge >= 0.3 is 0 Å². The zero-order valence-corrected chi connectivity index (χ0v) is 11.6. The Balaban J connectivity index is 2.61. The molecule has 15 heavy (non-hydrogen) atoms. The van der Waals surface area contributed by atoms with Crippen LogP contribution in [0.1, 0.15) is 23.7 Å². The molecule has 82 valence electrons. The molecule has 0 aliphatic carbocycles. The topological polar surface area (TPSA) is 29.1 Å². The lowest BCUT2D eigenvalue weighted by Crippen LogP contribution is -2.32. The molecule has 0 saturated carbocycles. The lowest BCUT2D eigenvalue weighted by molar-refractivity contribution is 0.0939. The van der Waals surface area contributed by atoms with E-state index in [0.29, 0.717) is 5.56 Å². The van der Waals surface area contributed by atoms with Crippen LogP contribution in [-0.4, -0.2) is 17.3 Å². The minimum absolute atomic E-state index is 0.0234. The second-order valence-corrected chi connectivity index (χ2v) is 5.07. The van der Waals surface area contributed by atoms with Crippen molar-refractivity contribution in [3.63, 3.8) is 0 Å². The third-order valence-electron chi connectivity index (χ3n) is 2.01. The first-order chi connectivity index (χ1) is 7.13. The molecule has 0 bridgehead atoms. The Hall–Kier alpha value is -0.350. The third kappa shape index (κ3) is 4.34. The maximum Gasteiger partial charge on any atom is 0.251 e. The highest BCUT2D eigenvalue weighted by molar-refractivity contribution is 9.10. The predicted octanol–water partition coefficient (Wildman–Crippen LogP) is 3.35. The first-order valence-corrected chi connectivity index (χ1v) is 6.67. The number of hydrogen-bond acceptors (Lipinski definition) is 1. The number of amides is 1. The molecule has 0 spiro atoms. The van der Waals surface area contributed by atoms with Crippen molar-refractivity contribution in [1.29, 1.82) is 0 Å². The van der Waals surface area contributed by atoms with Crippen molar-refractivity contribution in [3.05, 3.63) is 34.3 Å². The predicted molar refractivity (Wildman–Crippen MR) is 69.5 cm³/mol. The van der Waals surface area contributed by atoms with Crippen LogP contribution in [-0.2, 0) is 0 Å². The lowest BCUT2D eigenvalue weighted by Gasteiger charge is -2.12. The Bertz CT molecular complexity index is 341. The fourth-order valence-corrected chi connectivity index (χ4v) is 2.26. The van der Waals surface area contributed by atoms with E-state index >= 15 is 0 Å². The van der Waals surface area contributed by atoms with E-state index in [1.807, 2.05) is 25.1 Å². The van der Waals surface area contributed by atoms with Gasteiger partial charge in [0.1, 0.15) is 0 Å². The molecule has 0 heterocycles. The van der Waals surface area contributed by atoms with Gasteiger partial charge in [-0.25, -0.2) is 0 Å². The number of nitrogens with one attached hydrogen (secondary N) is 1. The van der Waals surface area contributed by atoms with Gasteiger partial charge in [0.05, 0.1) is 0 Å². The maximum atomic E-state index is 11.7. The lowest BCUT2D eigenvalue weighted by atomic mass is 10.2. The van der Waals surface area contributed by atoms with Crippen molar-refractivity contribution < 1.29 is 4.79 Å². The summed E-state index contributed by atoms with van der Waals surface area (Å²) < 4.78 is 0.920. The number of rotatable bonds is 4. The number of halogens is 2.